The van der Waals surface area contributed by atoms with E-state index < -0.39 is 0 Å². The summed E-state index contributed by atoms with van der Waals surface area (Å²) in [6.07, 6.45) is 1.91. The minimum atomic E-state index is 0.630. The van der Waals surface area contributed by atoms with Gasteiger partial charge in [-0.1, -0.05) is 18.2 Å². The molecule has 1 aliphatic rings. The van der Waals surface area contributed by atoms with Gasteiger partial charge in [0.1, 0.15) is 0 Å². The van der Waals surface area contributed by atoms with Gasteiger partial charge in [-0.2, -0.15) is 0 Å². The third-order valence-corrected chi connectivity index (χ3v) is 3.48. The van der Waals surface area contributed by atoms with Crippen molar-refractivity contribution in [1.82, 2.24) is 10.3 Å². The molecule has 1 aromatic heterocycles. The number of likely N-dealkylation sites (N-methyl/N-ethyl adjacent to an activating group) is 1. The Hall–Kier alpha value is -1.61. The zero-order valence-electron chi connectivity index (χ0n) is 10.1. The van der Waals surface area contributed by atoms with Crippen LogP contribution in [0, 0.1) is 0 Å². The van der Waals surface area contributed by atoms with Gasteiger partial charge in [0.2, 0.25) is 0 Å². The Morgan fingerprint density at radius 3 is 2.82 bits per heavy atom. The first kappa shape index (κ1) is 10.5. The van der Waals surface area contributed by atoms with E-state index in [4.69, 9.17) is 0 Å². The summed E-state index contributed by atoms with van der Waals surface area (Å²) < 4.78 is 0. The van der Waals surface area contributed by atoms with Crippen LogP contribution in [0.15, 0.2) is 36.5 Å². The van der Waals surface area contributed by atoms with E-state index in [1.807, 2.05) is 12.3 Å². The number of nitrogens with zero attached hydrogens (tertiary/aromatic N) is 2. The van der Waals surface area contributed by atoms with Crippen molar-refractivity contribution >= 4 is 16.6 Å². The van der Waals surface area contributed by atoms with Crippen molar-refractivity contribution in [3.8, 4) is 0 Å². The molecule has 2 aromatic rings. The zero-order valence-corrected chi connectivity index (χ0v) is 10.1. The molecule has 3 nitrogen and oxygen atoms in total. The highest BCUT2D eigenvalue weighted by atomic mass is 15.2. The van der Waals surface area contributed by atoms with Crippen molar-refractivity contribution in [2.45, 2.75) is 13.0 Å². The van der Waals surface area contributed by atoms with Gasteiger partial charge in [-0.15, -0.1) is 0 Å². The molecular weight excluding hydrogens is 210 g/mol. The van der Waals surface area contributed by atoms with Crippen molar-refractivity contribution in [1.29, 1.82) is 0 Å². The van der Waals surface area contributed by atoms with E-state index in [0.717, 1.165) is 25.2 Å². The van der Waals surface area contributed by atoms with Gasteiger partial charge in [-0.25, -0.2) is 0 Å². The maximum Gasteiger partial charge on any atom is 0.0722 e. The molecule has 0 unspecified atom stereocenters. The highest BCUT2D eigenvalue weighted by Crippen LogP contribution is 2.27. The maximum atomic E-state index is 4.42. The number of anilines is 1. The van der Waals surface area contributed by atoms with E-state index in [2.05, 4.69) is 46.4 Å². The van der Waals surface area contributed by atoms with Gasteiger partial charge in [0.05, 0.1) is 11.6 Å². The number of benzene rings is 1. The predicted octanol–water partition coefficient (Wildman–Crippen LogP) is 2.03. The molecule has 0 saturated carbocycles. The van der Waals surface area contributed by atoms with Gasteiger partial charge in [0.25, 0.3) is 0 Å². The molecule has 3 rings (SSSR count). The van der Waals surface area contributed by atoms with E-state index in [9.17, 15) is 0 Å². The number of fused-ring (bicyclic) bond motifs is 1. The molecule has 2 heterocycles. The van der Waals surface area contributed by atoms with Crippen LogP contribution in [0.5, 0.6) is 0 Å². The number of pyridine rings is 1. The summed E-state index contributed by atoms with van der Waals surface area (Å²) >= 11 is 0. The Balaban J connectivity index is 2.08. The van der Waals surface area contributed by atoms with Crippen molar-refractivity contribution < 1.29 is 0 Å². The molecule has 17 heavy (non-hydrogen) atoms. The fraction of sp³-hybridized carbons (Fsp3) is 0.357. The number of aromatic nitrogens is 1. The first-order chi connectivity index (χ1) is 8.40. The van der Waals surface area contributed by atoms with Gasteiger partial charge >= 0.3 is 0 Å². The molecule has 1 fully saturated rings. The van der Waals surface area contributed by atoms with Crippen molar-refractivity contribution in [3.63, 3.8) is 0 Å². The largest absolute Gasteiger partial charge is 0.366 e. The third-order valence-electron chi connectivity index (χ3n) is 3.48. The highest BCUT2D eigenvalue weighted by molar-refractivity contribution is 5.91. The maximum absolute atomic E-state index is 4.42. The van der Waals surface area contributed by atoms with E-state index in [1.165, 1.54) is 11.1 Å². The Morgan fingerprint density at radius 1 is 1.29 bits per heavy atom. The number of para-hydroxylation sites is 1. The number of nitrogens with one attached hydrogen (secondary N) is 1. The summed E-state index contributed by atoms with van der Waals surface area (Å²) in [5.74, 6) is 0. The third kappa shape index (κ3) is 1.76. The Bertz CT molecular complexity index is 514. The van der Waals surface area contributed by atoms with Crippen LogP contribution < -0.4 is 10.2 Å². The standard InChI is InChI=1S/C14H17N3/c1-2-17(11-9-15-10-11)14-7-8-16-13-6-4-3-5-12(13)14/h3-8,11,15H,2,9-10H2,1H3. The second kappa shape index (κ2) is 4.34. The molecular formula is C14H17N3. The smallest absolute Gasteiger partial charge is 0.0722 e. The first-order valence-electron chi connectivity index (χ1n) is 6.21. The summed E-state index contributed by atoms with van der Waals surface area (Å²) in [6.45, 7) is 5.43. The summed E-state index contributed by atoms with van der Waals surface area (Å²) in [6, 6.07) is 11.1. The average Bonchev–Trinajstić information content (AvgIpc) is 2.33. The topological polar surface area (TPSA) is 28.2 Å². The quantitative estimate of drug-likeness (QED) is 0.869. The zero-order chi connectivity index (χ0) is 11.7. The van der Waals surface area contributed by atoms with Crippen molar-refractivity contribution in [2.75, 3.05) is 24.5 Å². The van der Waals surface area contributed by atoms with Crippen LogP contribution in [-0.2, 0) is 0 Å². The minimum absolute atomic E-state index is 0.630. The summed E-state index contributed by atoms with van der Waals surface area (Å²) in [5, 5.41) is 4.59. The molecule has 1 N–H and O–H groups in total. The molecule has 0 bridgehead atoms. The van der Waals surface area contributed by atoms with Gasteiger partial charge in [-0.05, 0) is 19.1 Å². The van der Waals surface area contributed by atoms with Crippen LogP contribution in [0.4, 0.5) is 5.69 Å². The Labute approximate surface area is 101 Å². The molecule has 0 radical (unpaired) electrons. The fourth-order valence-corrected chi connectivity index (χ4v) is 2.45. The van der Waals surface area contributed by atoms with E-state index in [-0.39, 0.29) is 0 Å². The lowest BCUT2D eigenvalue weighted by Crippen LogP contribution is -2.57. The highest BCUT2D eigenvalue weighted by Gasteiger charge is 2.24. The normalized spacial score (nSPS) is 15.8. The molecule has 0 atom stereocenters. The number of rotatable bonds is 3. The van der Waals surface area contributed by atoms with Crippen LogP contribution in [0.25, 0.3) is 10.9 Å². The van der Waals surface area contributed by atoms with Crippen LogP contribution in [-0.4, -0.2) is 30.7 Å². The molecule has 1 aromatic carbocycles. The lowest BCUT2D eigenvalue weighted by atomic mass is 10.1. The lowest BCUT2D eigenvalue weighted by molar-refractivity contribution is 0.418. The molecule has 1 saturated heterocycles. The Morgan fingerprint density at radius 2 is 2.12 bits per heavy atom. The summed E-state index contributed by atoms with van der Waals surface area (Å²) in [7, 11) is 0. The number of hydrogen-bond acceptors (Lipinski definition) is 3. The van der Waals surface area contributed by atoms with E-state index >= 15 is 0 Å². The van der Waals surface area contributed by atoms with Crippen molar-refractivity contribution in [3.05, 3.63) is 36.5 Å². The van der Waals surface area contributed by atoms with Gasteiger partial charge < -0.3 is 10.2 Å². The average molecular weight is 227 g/mol. The monoisotopic (exact) mass is 227 g/mol. The minimum Gasteiger partial charge on any atom is -0.366 e. The summed E-state index contributed by atoms with van der Waals surface area (Å²) in [5.41, 5.74) is 2.39. The van der Waals surface area contributed by atoms with Gasteiger partial charge in [0.15, 0.2) is 0 Å². The van der Waals surface area contributed by atoms with Gasteiger partial charge in [0, 0.05) is 36.9 Å². The molecule has 0 spiro atoms. The van der Waals surface area contributed by atoms with Gasteiger partial charge in [-0.3, -0.25) is 4.98 Å². The molecule has 1 aliphatic heterocycles. The predicted molar refractivity (Wildman–Crippen MR) is 71.4 cm³/mol. The second-order valence-electron chi connectivity index (χ2n) is 4.45. The first-order valence-corrected chi connectivity index (χ1v) is 6.21. The summed E-state index contributed by atoms with van der Waals surface area (Å²) in [4.78, 5) is 6.89. The number of hydrogen-bond donors (Lipinski definition) is 1. The van der Waals surface area contributed by atoms with Crippen LogP contribution in [0.3, 0.4) is 0 Å². The Kier molecular flexibility index (Phi) is 2.69. The molecule has 0 amide bonds. The van der Waals surface area contributed by atoms with Crippen molar-refractivity contribution in [2.24, 2.45) is 0 Å². The second-order valence-corrected chi connectivity index (χ2v) is 4.45. The molecule has 0 aliphatic carbocycles. The van der Waals surface area contributed by atoms with E-state index in [1.54, 1.807) is 0 Å². The molecule has 88 valence electrons. The van der Waals surface area contributed by atoms with E-state index in [0.29, 0.717) is 6.04 Å². The van der Waals surface area contributed by atoms with Crippen LogP contribution in [0.1, 0.15) is 6.92 Å². The van der Waals surface area contributed by atoms with Crippen LogP contribution >= 0.6 is 0 Å². The molecule has 3 heteroatoms. The lowest BCUT2D eigenvalue weighted by Gasteiger charge is -2.39. The SMILES string of the molecule is CCN(c1ccnc2ccccc12)C1CNC1. The van der Waals surface area contributed by atoms with Crippen LogP contribution in [0.2, 0.25) is 0 Å². The fourth-order valence-electron chi connectivity index (χ4n) is 2.45.